The van der Waals surface area contributed by atoms with Gasteiger partial charge in [0.05, 0.1) is 0 Å². The van der Waals surface area contributed by atoms with Crippen LogP contribution in [0.1, 0.15) is 6.92 Å². The molecule has 56 valence electrons. The zero-order chi connectivity index (χ0) is 7.49. The zero-order valence-electron chi connectivity index (χ0n) is 4.74. The predicted molar refractivity (Wildman–Crippen MR) is 40.9 cm³/mol. The molecule has 0 radical (unpaired) electrons. The van der Waals surface area contributed by atoms with Crippen molar-refractivity contribution in [1.29, 1.82) is 0 Å². The number of hydrogen-bond donors (Lipinski definition) is 1. The van der Waals surface area contributed by atoms with Gasteiger partial charge in [-0.25, -0.2) is 0 Å². The normalized spacial score (nSPS) is 15.4. The highest BCUT2D eigenvalue weighted by molar-refractivity contribution is 8.17. The molecule has 0 aromatic rings. The first-order valence-electron chi connectivity index (χ1n) is 2.14. The van der Waals surface area contributed by atoms with Crippen LogP contribution in [0.2, 0.25) is 0 Å². The van der Waals surface area contributed by atoms with Crippen LogP contribution in [0.3, 0.4) is 0 Å². The lowest BCUT2D eigenvalue weighted by Crippen LogP contribution is -2.07. The van der Waals surface area contributed by atoms with Gasteiger partial charge >= 0.3 is 10.2 Å². The van der Waals surface area contributed by atoms with Gasteiger partial charge in [0.1, 0.15) is 4.58 Å². The van der Waals surface area contributed by atoms with Crippen molar-refractivity contribution in [2.45, 2.75) is 11.5 Å². The standard InChI is InChI=1S/C3H7FO2S3/c1-3(8-2-7)9(4,5)6/h3,7H,2H2,1H3. The number of rotatable bonds is 3. The molecule has 0 aliphatic heterocycles. The molecule has 6 heteroatoms. The minimum Gasteiger partial charge on any atom is -0.194 e. The molecule has 0 fully saturated rings. The van der Waals surface area contributed by atoms with Crippen LogP contribution in [-0.4, -0.2) is 18.1 Å². The highest BCUT2D eigenvalue weighted by atomic mass is 32.3. The molecule has 0 aromatic heterocycles. The molecule has 0 saturated carbocycles. The Morgan fingerprint density at radius 2 is 2.22 bits per heavy atom. The van der Waals surface area contributed by atoms with Crippen LogP contribution in [0.25, 0.3) is 0 Å². The van der Waals surface area contributed by atoms with Crippen molar-refractivity contribution in [2.75, 3.05) is 5.08 Å². The van der Waals surface area contributed by atoms with E-state index in [9.17, 15) is 12.3 Å². The fraction of sp³-hybridized carbons (Fsp3) is 1.00. The summed E-state index contributed by atoms with van der Waals surface area (Å²) in [5, 5.41) is 0.310. The Labute approximate surface area is 63.8 Å². The molecule has 0 rings (SSSR count). The largest absolute Gasteiger partial charge is 0.314 e. The van der Waals surface area contributed by atoms with Crippen LogP contribution in [0.15, 0.2) is 0 Å². The molecule has 0 aromatic carbocycles. The van der Waals surface area contributed by atoms with Crippen LogP contribution in [-0.2, 0) is 10.2 Å². The number of thiol groups is 1. The second-order valence-electron chi connectivity index (χ2n) is 1.34. The summed E-state index contributed by atoms with van der Waals surface area (Å²) in [7, 11) is -4.35. The van der Waals surface area contributed by atoms with Gasteiger partial charge in [-0.15, -0.1) is 15.6 Å². The second-order valence-corrected chi connectivity index (χ2v) is 5.37. The van der Waals surface area contributed by atoms with E-state index in [0.29, 0.717) is 5.08 Å². The molecule has 1 unspecified atom stereocenters. The van der Waals surface area contributed by atoms with Crippen LogP contribution >= 0.6 is 24.4 Å². The Balaban J connectivity index is 3.90. The first-order valence-corrected chi connectivity index (χ1v) is 5.27. The third-order valence-corrected chi connectivity index (χ3v) is 3.66. The van der Waals surface area contributed by atoms with Crippen LogP contribution < -0.4 is 0 Å². The maximum Gasteiger partial charge on any atom is 0.314 e. The van der Waals surface area contributed by atoms with Crippen LogP contribution in [0.4, 0.5) is 3.89 Å². The van der Waals surface area contributed by atoms with Gasteiger partial charge < -0.3 is 0 Å². The monoisotopic (exact) mass is 190 g/mol. The Morgan fingerprint density at radius 3 is 2.33 bits per heavy atom. The molecule has 0 aliphatic carbocycles. The summed E-state index contributed by atoms with van der Waals surface area (Å²) in [6.45, 7) is 1.29. The Bertz CT molecular complexity index is 164. The van der Waals surface area contributed by atoms with E-state index < -0.39 is 14.8 Å². The fourth-order valence-electron chi connectivity index (χ4n) is 0.186. The van der Waals surface area contributed by atoms with Gasteiger partial charge in [0.2, 0.25) is 0 Å². The predicted octanol–water partition coefficient (Wildman–Crippen LogP) is 1.25. The van der Waals surface area contributed by atoms with E-state index in [1.807, 2.05) is 0 Å². The Kier molecular flexibility index (Phi) is 3.91. The average molecular weight is 190 g/mol. The van der Waals surface area contributed by atoms with Crippen molar-refractivity contribution < 1.29 is 12.3 Å². The van der Waals surface area contributed by atoms with Gasteiger partial charge in [0.25, 0.3) is 0 Å². The second kappa shape index (κ2) is 3.68. The molecule has 0 aliphatic rings. The minimum absolute atomic E-state index is 0.310. The molecule has 2 nitrogen and oxygen atoms in total. The van der Waals surface area contributed by atoms with Crippen molar-refractivity contribution in [2.24, 2.45) is 0 Å². The smallest absolute Gasteiger partial charge is 0.194 e. The van der Waals surface area contributed by atoms with E-state index >= 15 is 0 Å². The molecule has 0 N–H and O–H groups in total. The van der Waals surface area contributed by atoms with E-state index in [-0.39, 0.29) is 0 Å². The van der Waals surface area contributed by atoms with Gasteiger partial charge in [-0.2, -0.15) is 21.0 Å². The third kappa shape index (κ3) is 4.05. The lowest BCUT2D eigenvalue weighted by Gasteiger charge is -2.00. The highest BCUT2D eigenvalue weighted by Gasteiger charge is 2.18. The summed E-state index contributed by atoms with van der Waals surface area (Å²) in [6, 6.07) is 0. The van der Waals surface area contributed by atoms with Crippen LogP contribution in [0, 0.1) is 0 Å². The average Bonchev–Trinajstić information content (AvgIpc) is 1.64. The number of hydrogen-bond acceptors (Lipinski definition) is 4. The summed E-state index contributed by atoms with van der Waals surface area (Å²) in [6.07, 6.45) is 0. The summed E-state index contributed by atoms with van der Waals surface area (Å²) in [5.41, 5.74) is 0. The van der Waals surface area contributed by atoms with Gasteiger partial charge in [0.15, 0.2) is 0 Å². The van der Waals surface area contributed by atoms with E-state index in [1.165, 1.54) is 6.92 Å². The van der Waals surface area contributed by atoms with Crippen molar-refractivity contribution >= 4 is 34.6 Å². The summed E-state index contributed by atoms with van der Waals surface area (Å²) in [5.74, 6) is 0. The quantitative estimate of drug-likeness (QED) is 0.413. The molecular formula is C3H7FO2S3. The third-order valence-electron chi connectivity index (χ3n) is 0.706. The fourth-order valence-corrected chi connectivity index (χ4v) is 2.22. The summed E-state index contributed by atoms with van der Waals surface area (Å²) >= 11 is 4.66. The van der Waals surface area contributed by atoms with Crippen molar-refractivity contribution in [3.63, 3.8) is 0 Å². The molecule has 0 amide bonds. The molecule has 1 atom stereocenters. The van der Waals surface area contributed by atoms with Crippen molar-refractivity contribution in [1.82, 2.24) is 0 Å². The summed E-state index contributed by atoms with van der Waals surface area (Å²) in [4.78, 5) is 0. The number of thioether (sulfide) groups is 1. The Morgan fingerprint density at radius 1 is 1.78 bits per heavy atom. The van der Waals surface area contributed by atoms with Gasteiger partial charge in [-0.1, -0.05) is 0 Å². The van der Waals surface area contributed by atoms with E-state index in [1.54, 1.807) is 0 Å². The zero-order valence-corrected chi connectivity index (χ0v) is 7.27. The SMILES string of the molecule is CC(SCS)S(=O)(=O)F. The van der Waals surface area contributed by atoms with Gasteiger partial charge in [-0.05, 0) is 6.92 Å². The lowest BCUT2D eigenvalue weighted by molar-refractivity contribution is 0.551. The first-order chi connectivity index (χ1) is 3.98. The minimum atomic E-state index is -4.35. The lowest BCUT2D eigenvalue weighted by atomic mass is 11.0. The van der Waals surface area contributed by atoms with Crippen LogP contribution in [0.5, 0.6) is 0 Å². The topological polar surface area (TPSA) is 34.1 Å². The van der Waals surface area contributed by atoms with Crippen molar-refractivity contribution in [3.05, 3.63) is 0 Å². The molecular weight excluding hydrogens is 183 g/mol. The Hall–Kier alpha value is 0.580. The maximum atomic E-state index is 11.9. The molecule has 0 bridgehead atoms. The van der Waals surface area contributed by atoms with E-state index in [4.69, 9.17) is 0 Å². The van der Waals surface area contributed by atoms with E-state index in [2.05, 4.69) is 12.6 Å². The van der Waals surface area contributed by atoms with Crippen molar-refractivity contribution in [3.8, 4) is 0 Å². The molecule has 0 heterocycles. The first kappa shape index (κ1) is 9.58. The molecule has 0 spiro atoms. The maximum absolute atomic E-state index is 11.9. The van der Waals surface area contributed by atoms with E-state index in [0.717, 1.165) is 11.8 Å². The molecule has 9 heavy (non-hydrogen) atoms. The molecule has 0 saturated heterocycles. The summed E-state index contributed by atoms with van der Waals surface area (Å²) < 4.78 is 30.9. The number of halogens is 1. The van der Waals surface area contributed by atoms with Gasteiger partial charge in [-0.3, -0.25) is 0 Å². The highest BCUT2D eigenvalue weighted by Crippen LogP contribution is 2.18. The van der Waals surface area contributed by atoms with Gasteiger partial charge in [0, 0.05) is 5.08 Å².